The summed E-state index contributed by atoms with van der Waals surface area (Å²) in [5.74, 6) is -3.14. The van der Waals surface area contributed by atoms with E-state index in [-0.39, 0.29) is 11.7 Å². The van der Waals surface area contributed by atoms with Crippen molar-refractivity contribution in [2.45, 2.75) is 36.4 Å². The lowest BCUT2D eigenvalue weighted by Crippen LogP contribution is -2.57. The number of aliphatic hydroxyl groups excluding tert-OH is 1. The molecule has 4 unspecified atom stereocenters. The number of carboxylic acids is 1. The van der Waals surface area contributed by atoms with Crippen molar-refractivity contribution in [2.24, 2.45) is 0 Å². The smallest absolute Gasteiger partial charge is 0.325 e. The number of aliphatic hydroxyl groups is 1. The van der Waals surface area contributed by atoms with E-state index in [9.17, 15) is 38.2 Å². The standard InChI is InChI=1S/C36H33F2N3O7S/c1-21(36(46)47)39-34(44)31(23-5-3-2-4-6-23)40-30(43)19-48-28-17-9-24(10-18-28)32-33(35(45)41(32)27-15-13-26(38)14-16-27)49-20-29(42)22-7-11-25(37)12-8-22/h2-18,21,29,31-33,42H,19-20H2,1H3,(H,39,44)(H,40,43)(H,46,47)/t21-,29?,31?,32?,33?/m0/s1. The largest absolute Gasteiger partial charge is 0.484 e. The lowest BCUT2D eigenvalue weighted by molar-refractivity contribution is -0.141. The summed E-state index contributed by atoms with van der Waals surface area (Å²) in [6, 6.07) is 23.3. The maximum Gasteiger partial charge on any atom is 0.325 e. The number of amides is 3. The van der Waals surface area contributed by atoms with Crippen LogP contribution in [0.15, 0.2) is 103 Å². The van der Waals surface area contributed by atoms with Crippen LogP contribution in [-0.4, -0.2) is 57.6 Å². The molecule has 4 aromatic carbocycles. The lowest BCUT2D eigenvalue weighted by Gasteiger charge is -2.47. The van der Waals surface area contributed by atoms with Gasteiger partial charge in [-0.2, -0.15) is 0 Å². The molecule has 0 saturated carbocycles. The van der Waals surface area contributed by atoms with Gasteiger partial charge in [0.05, 0.1) is 12.1 Å². The van der Waals surface area contributed by atoms with Crippen molar-refractivity contribution in [3.63, 3.8) is 0 Å². The Bertz CT molecular complexity index is 1780. The number of carboxylic acid groups (broad SMARTS) is 1. The highest BCUT2D eigenvalue weighted by Gasteiger charge is 2.49. The molecule has 4 N–H and O–H groups in total. The molecule has 0 radical (unpaired) electrons. The Kier molecular flexibility index (Phi) is 11.3. The van der Waals surface area contributed by atoms with Crippen LogP contribution in [0.25, 0.3) is 0 Å². The van der Waals surface area contributed by atoms with Crippen molar-refractivity contribution in [1.82, 2.24) is 10.6 Å². The predicted molar refractivity (Wildman–Crippen MR) is 179 cm³/mol. The third-order valence-electron chi connectivity index (χ3n) is 7.86. The SMILES string of the molecule is C[C@H](NC(=O)C(NC(=O)COc1ccc(C2C(SCC(O)c3ccc(F)cc3)C(=O)N2c2ccc(F)cc2)cc1)c1ccccc1)C(=O)O. The van der Waals surface area contributed by atoms with Crippen LogP contribution in [0.2, 0.25) is 0 Å². The fourth-order valence-electron chi connectivity index (χ4n) is 5.23. The number of nitrogens with zero attached hydrogens (tertiary/aromatic N) is 1. The molecule has 1 heterocycles. The van der Waals surface area contributed by atoms with Crippen LogP contribution in [0.4, 0.5) is 14.5 Å². The monoisotopic (exact) mass is 689 g/mol. The number of rotatable bonds is 14. The van der Waals surface area contributed by atoms with Crippen molar-refractivity contribution < 1.29 is 42.9 Å². The van der Waals surface area contributed by atoms with Crippen LogP contribution in [0, 0.1) is 11.6 Å². The molecule has 10 nitrogen and oxygen atoms in total. The second kappa shape index (κ2) is 15.8. The number of aliphatic carboxylic acids is 1. The van der Waals surface area contributed by atoms with Gasteiger partial charge in [0.15, 0.2) is 6.61 Å². The number of benzene rings is 4. The van der Waals surface area contributed by atoms with E-state index in [1.807, 2.05) is 0 Å². The molecule has 0 spiro atoms. The number of carbonyl (C=O) groups is 4. The third-order valence-corrected chi connectivity index (χ3v) is 9.19. The molecule has 0 aromatic heterocycles. The Morgan fingerprint density at radius 2 is 1.47 bits per heavy atom. The van der Waals surface area contributed by atoms with Gasteiger partial charge < -0.3 is 30.5 Å². The molecule has 0 bridgehead atoms. The highest BCUT2D eigenvalue weighted by atomic mass is 32.2. The van der Waals surface area contributed by atoms with Crippen LogP contribution in [0.5, 0.6) is 5.75 Å². The van der Waals surface area contributed by atoms with Crippen LogP contribution in [0.1, 0.15) is 41.8 Å². The van der Waals surface area contributed by atoms with Gasteiger partial charge in [-0.3, -0.25) is 19.2 Å². The minimum Gasteiger partial charge on any atom is -0.484 e. The van der Waals surface area contributed by atoms with E-state index in [0.717, 1.165) is 5.56 Å². The molecule has 254 valence electrons. The number of hydrogen-bond acceptors (Lipinski definition) is 7. The Morgan fingerprint density at radius 3 is 2.08 bits per heavy atom. The molecule has 13 heteroatoms. The molecule has 49 heavy (non-hydrogen) atoms. The van der Waals surface area contributed by atoms with Crippen LogP contribution < -0.4 is 20.3 Å². The molecule has 3 amide bonds. The van der Waals surface area contributed by atoms with Gasteiger partial charge in [-0.25, -0.2) is 8.78 Å². The van der Waals surface area contributed by atoms with Gasteiger partial charge in [-0.1, -0.05) is 54.6 Å². The molecular weight excluding hydrogens is 656 g/mol. The van der Waals surface area contributed by atoms with E-state index < -0.39 is 65.5 Å². The summed E-state index contributed by atoms with van der Waals surface area (Å²) in [7, 11) is 0. The Hall–Kier alpha value is -5.27. The zero-order chi connectivity index (χ0) is 35.1. The average Bonchev–Trinajstić information content (AvgIpc) is 3.10. The minimum atomic E-state index is -1.22. The second-order valence-electron chi connectivity index (χ2n) is 11.3. The van der Waals surface area contributed by atoms with Crippen LogP contribution in [0.3, 0.4) is 0 Å². The van der Waals surface area contributed by atoms with Crippen LogP contribution in [-0.2, 0) is 19.2 Å². The van der Waals surface area contributed by atoms with Gasteiger partial charge in [-0.15, -0.1) is 11.8 Å². The van der Waals surface area contributed by atoms with Gasteiger partial charge in [0.25, 0.3) is 5.91 Å². The van der Waals surface area contributed by atoms with E-state index in [4.69, 9.17) is 4.74 Å². The number of carbonyl (C=O) groups excluding carboxylic acids is 3. The molecule has 0 aliphatic carbocycles. The van der Waals surface area contributed by atoms with Crippen molar-refractivity contribution in [3.05, 3.63) is 131 Å². The zero-order valence-electron chi connectivity index (χ0n) is 26.2. The number of anilines is 1. The van der Waals surface area contributed by atoms with Gasteiger partial charge in [0.2, 0.25) is 11.8 Å². The lowest BCUT2D eigenvalue weighted by atomic mass is 9.92. The number of β-lactam (4-membered cyclic amide) rings is 1. The Labute approximate surface area is 285 Å². The van der Waals surface area contributed by atoms with Gasteiger partial charge >= 0.3 is 5.97 Å². The summed E-state index contributed by atoms with van der Waals surface area (Å²) in [4.78, 5) is 51.9. The van der Waals surface area contributed by atoms with E-state index in [2.05, 4.69) is 10.6 Å². The summed E-state index contributed by atoms with van der Waals surface area (Å²) in [5, 5.41) is 24.2. The van der Waals surface area contributed by atoms with E-state index in [0.29, 0.717) is 22.6 Å². The average molecular weight is 690 g/mol. The fraction of sp³-hybridized carbons (Fsp3) is 0.222. The van der Waals surface area contributed by atoms with Crippen molar-refractivity contribution >= 4 is 41.1 Å². The molecule has 1 aliphatic rings. The molecule has 5 rings (SSSR count). The summed E-state index contributed by atoms with van der Waals surface area (Å²) >= 11 is 1.25. The van der Waals surface area contributed by atoms with Crippen LogP contribution >= 0.6 is 11.8 Å². The first kappa shape index (κ1) is 35.0. The molecule has 1 aliphatic heterocycles. The highest BCUT2D eigenvalue weighted by molar-refractivity contribution is 8.00. The number of ether oxygens (including phenoxy) is 1. The summed E-state index contributed by atoms with van der Waals surface area (Å²) in [5.41, 5.74) is 2.19. The van der Waals surface area contributed by atoms with E-state index >= 15 is 0 Å². The van der Waals surface area contributed by atoms with Gasteiger partial charge in [0, 0.05) is 11.4 Å². The number of hydrogen-bond donors (Lipinski definition) is 4. The minimum absolute atomic E-state index is 0.170. The molecular formula is C36H33F2N3O7S. The second-order valence-corrected chi connectivity index (χ2v) is 12.5. The Morgan fingerprint density at radius 1 is 0.857 bits per heavy atom. The Balaban J connectivity index is 1.26. The topological polar surface area (TPSA) is 145 Å². The van der Waals surface area contributed by atoms with Gasteiger partial charge in [0.1, 0.15) is 34.7 Å². The van der Waals surface area contributed by atoms with Crippen molar-refractivity contribution in [1.29, 1.82) is 0 Å². The molecule has 1 fully saturated rings. The summed E-state index contributed by atoms with van der Waals surface area (Å²) in [6.45, 7) is 0.862. The van der Waals surface area contributed by atoms with Gasteiger partial charge in [-0.05, 0) is 72.1 Å². The fourth-order valence-corrected chi connectivity index (χ4v) is 6.53. The zero-order valence-corrected chi connectivity index (χ0v) is 27.0. The first-order valence-corrected chi connectivity index (χ1v) is 16.3. The maximum absolute atomic E-state index is 13.7. The van der Waals surface area contributed by atoms with Crippen molar-refractivity contribution in [2.75, 3.05) is 17.3 Å². The first-order chi connectivity index (χ1) is 23.5. The molecule has 5 atom stereocenters. The summed E-state index contributed by atoms with van der Waals surface area (Å²) in [6.07, 6.45) is -0.936. The first-order valence-electron chi connectivity index (χ1n) is 15.3. The summed E-state index contributed by atoms with van der Waals surface area (Å²) < 4.78 is 32.7. The third kappa shape index (κ3) is 8.61. The predicted octanol–water partition coefficient (Wildman–Crippen LogP) is 4.71. The number of nitrogens with one attached hydrogen (secondary N) is 2. The molecule has 1 saturated heterocycles. The molecule has 4 aromatic rings. The van der Waals surface area contributed by atoms with E-state index in [1.54, 1.807) is 59.5 Å². The number of halogens is 2. The highest BCUT2D eigenvalue weighted by Crippen LogP contribution is 2.46. The number of thioether (sulfide) groups is 1. The maximum atomic E-state index is 13.7. The van der Waals surface area contributed by atoms with Crippen molar-refractivity contribution in [3.8, 4) is 5.75 Å². The normalized spacial score (nSPS) is 17.3. The quantitative estimate of drug-likeness (QED) is 0.139. The van der Waals surface area contributed by atoms with E-state index in [1.165, 1.54) is 67.2 Å².